The molecule has 2 heterocycles. The van der Waals surface area contributed by atoms with Crippen molar-refractivity contribution in [2.75, 3.05) is 11.6 Å². The minimum Gasteiger partial charge on any atom is -0.351 e. The lowest BCUT2D eigenvalue weighted by Gasteiger charge is -2.18. The number of amides is 2. The molecule has 0 saturated carbocycles. The second kappa shape index (κ2) is 5.21. The number of nitrogens with zero attached hydrogens (tertiary/aromatic N) is 2. The summed E-state index contributed by atoms with van der Waals surface area (Å²) in [5.41, 5.74) is 6.55. The molecule has 0 spiro atoms. The third kappa shape index (κ3) is 2.35. The van der Waals surface area contributed by atoms with Gasteiger partial charge in [-0.3, -0.25) is 5.32 Å². The minimum atomic E-state index is -0.582. The summed E-state index contributed by atoms with van der Waals surface area (Å²) in [6.45, 7) is 2.27. The van der Waals surface area contributed by atoms with Gasteiger partial charge in [-0.25, -0.2) is 14.8 Å². The molecule has 2 aromatic heterocycles. The average molecular weight is 308 g/mol. The van der Waals surface area contributed by atoms with E-state index in [2.05, 4.69) is 22.2 Å². The third-order valence-corrected chi connectivity index (χ3v) is 5.25. The Morgan fingerprint density at radius 3 is 3.00 bits per heavy atom. The van der Waals surface area contributed by atoms with E-state index < -0.39 is 6.03 Å². The normalized spacial score (nSPS) is 18.0. The first-order valence-corrected chi connectivity index (χ1v) is 8.55. The highest BCUT2D eigenvalue weighted by atomic mass is 32.2. The first-order valence-electron chi connectivity index (χ1n) is 6.51. The number of aromatic nitrogens is 2. The van der Waals surface area contributed by atoms with E-state index in [1.165, 1.54) is 28.6 Å². The van der Waals surface area contributed by atoms with Crippen molar-refractivity contribution in [3.05, 3.63) is 10.4 Å². The Balaban J connectivity index is 2.21. The fourth-order valence-corrected chi connectivity index (χ4v) is 4.43. The van der Waals surface area contributed by atoms with Gasteiger partial charge in [0.1, 0.15) is 10.6 Å². The molecule has 1 atom stereocenters. The lowest BCUT2D eigenvalue weighted by atomic mass is 9.89. The van der Waals surface area contributed by atoms with Gasteiger partial charge in [0.05, 0.1) is 5.39 Å². The molecule has 2 amide bonds. The van der Waals surface area contributed by atoms with Crippen molar-refractivity contribution in [2.24, 2.45) is 11.7 Å². The van der Waals surface area contributed by atoms with Crippen LogP contribution in [0.1, 0.15) is 23.8 Å². The Labute approximate surface area is 125 Å². The number of nitrogens with one attached hydrogen (secondary N) is 1. The molecule has 1 aliphatic carbocycles. The number of thiophene rings is 1. The van der Waals surface area contributed by atoms with E-state index in [4.69, 9.17) is 5.73 Å². The van der Waals surface area contributed by atoms with Crippen molar-refractivity contribution in [1.29, 1.82) is 0 Å². The van der Waals surface area contributed by atoms with Crippen molar-refractivity contribution in [2.45, 2.75) is 31.3 Å². The van der Waals surface area contributed by atoms with Crippen LogP contribution in [0.3, 0.4) is 0 Å². The number of anilines is 1. The van der Waals surface area contributed by atoms with E-state index in [9.17, 15) is 4.79 Å². The summed E-state index contributed by atoms with van der Waals surface area (Å²) in [6, 6.07) is -0.582. The summed E-state index contributed by atoms with van der Waals surface area (Å²) in [7, 11) is 0. The van der Waals surface area contributed by atoms with E-state index in [0.29, 0.717) is 16.9 Å². The molecule has 7 heteroatoms. The lowest BCUT2D eigenvalue weighted by Crippen LogP contribution is -2.20. The Morgan fingerprint density at radius 2 is 2.30 bits per heavy atom. The Hall–Kier alpha value is -1.34. The molecular formula is C13H16N4OS2. The topological polar surface area (TPSA) is 80.9 Å². The standard InChI is InChI=1S/C13H16N4OS2/c1-6-3-4-7-8(5-6)20-11-9(7)10(15-12(14)18)16-13(17-11)19-2/h6H,3-5H2,1-2H3,(H3,14,15,16,17,18). The predicted molar refractivity (Wildman–Crippen MR) is 83.6 cm³/mol. The van der Waals surface area contributed by atoms with Gasteiger partial charge < -0.3 is 5.73 Å². The molecule has 2 aromatic rings. The van der Waals surface area contributed by atoms with E-state index >= 15 is 0 Å². The van der Waals surface area contributed by atoms with E-state index in [0.717, 1.165) is 23.1 Å². The van der Waals surface area contributed by atoms with Crippen LogP contribution >= 0.6 is 23.1 Å². The number of fused-ring (bicyclic) bond motifs is 3. The third-order valence-electron chi connectivity index (χ3n) is 3.56. The highest BCUT2D eigenvalue weighted by Crippen LogP contribution is 2.40. The van der Waals surface area contributed by atoms with Crippen molar-refractivity contribution in [1.82, 2.24) is 9.97 Å². The molecule has 0 aliphatic heterocycles. The van der Waals surface area contributed by atoms with Gasteiger partial charge in [-0.05, 0) is 37.0 Å². The molecule has 0 bridgehead atoms. The Morgan fingerprint density at radius 1 is 1.50 bits per heavy atom. The van der Waals surface area contributed by atoms with Crippen molar-refractivity contribution >= 4 is 45.2 Å². The molecule has 0 saturated heterocycles. The van der Waals surface area contributed by atoms with Crippen LogP contribution in [0.4, 0.5) is 10.6 Å². The van der Waals surface area contributed by atoms with Crippen LogP contribution in [0.5, 0.6) is 0 Å². The largest absolute Gasteiger partial charge is 0.351 e. The number of carbonyl (C=O) groups excluding carboxylic acids is 1. The lowest BCUT2D eigenvalue weighted by molar-refractivity contribution is 0.259. The smallest absolute Gasteiger partial charge is 0.317 e. The van der Waals surface area contributed by atoms with E-state index in [-0.39, 0.29) is 0 Å². The molecular weight excluding hydrogens is 292 g/mol. The summed E-state index contributed by atoms with van der Waals surface area (Å²) in [5, 5.41) is 4.29. The van der Waals surface area contributed by atoms with Gasteiger partial charge in [-0.2, -0.15) is 0 Å². The second-order valence-corrected chi connectivity index (χ2v) is 6.94. The van der Waals surface area contributed by atoms with Crippen LogP contribution < -0.4 is 11.1 Å². The summed E-state index contributed by atoms with van der Waals surface area (Å²) in [6.07, 6.45) is 5.19. The van der Waals surface area contributed by atoms with Gasteiger partial charge in [0.25, 0.3) is 0 Å². The van der Waals surface area contributed by atoms with Crippen LogP contribution in [0.15, 0.2) is 5.16 Å². The quantitative estimate of drug-likeness (QED) is 0.660. The van der Waals surface area contributed by atoms with Gasteiger partial charge in [-0.1, -0.05) is 18.7 Å². The summed E-state index contributed by atoms with van der Waals surface area (Å²) in [4.78, 5) is 22.5. The predicted octanol–water partition coefficient (Wildman–Crippen LogP) is 3.03. The first-order chi connectivity index (χ1) is 9.58. The summed E-state index contributed by atoms with van der Waals surface area (Å²) in [5.74, 6) is 1.26. The summed E-state index contributed by atoms with van der Waals surface area (Å²) < 4.78 is 0. The van der Waals surface area contributed by atoms with Gasteiger partial charge in [-0.15, -0.1) is 11.3 Å². The number of nitrogens with two attached hydrogens (primary N) is 1. The van der Waals surface area contributed by atoms with Crippen LogP contribution in [-0.2, 0) is 12.8 Å². The molecule has 106 valence electrons. The molecule has 1 unspecified atom stereocenters. The second-order valence-electron chi connectivity index (χ2n) is 5.08. The number of carbonyl (C=O) groups is 1. The van der Waals surface area contributed by atoms with E-state index in [1.807, 2.05) is 6.26 Å². The zero-order valence-corrected chi connectivity index (χ0v) is 13.0. The number of urea groups is 1. The fraction of sp³-hybridized carbons (Fsp3) is 0.462. The Bertz CT molecular complexity index is 683. The molecule has 0 fully saturated rings. The average Bonchev–Trinajstić information content (AvgIpc) is 2.74. The zero-order chi connectivity index (χ0) is 14.3. The first kappa shape index (κ1) is 13.6. The molecule has 3 rings (SSSR count). The summed E-state index contributed by atoms with van der Waals surface area (Å²) >= 11 is 3.18. The van der Waals surface area contributed by atoms with Crippen LogP contribution in [0.25, 0.3) is 10.2 Å². The number of rotatable bonds is 2. The maximum Gasteiger partial charge on any atom is 0.317 e. The molecule has 0 radical (unpaired) electrons. The minimum absolute atomic E-state index is 0.555. The molecule has 1 aliphatic rings. The van der Waals surface area contributed by atoms with Crippen LogP contribution in [0.2, 0.25) is 0 Å². The van der Waals surface area contributed by atoms with Gasteiger partial charge in [0.15, 0.2) is 5.16 Å². The molecule has 20 heavy (non-hydrogen) atoms. The van der Waals surface area contributed by atoms with Gasteiger partial charge in [0.2, 0.25) is 0 Å². The van der Waals surface area contributed by atoms with Gasteiger partial charge in [0, 0.05) is 4.88 Å². The van der Waals surface area contributed by atoms with Crippen LogP contribution in [0, 0.1) is 5.92 Å². The maximum absolute atomic E-state index is 11.2. The highest BCUT2D eigenvalue weighted by Gasteiger charge is 2.24. The van der Waals surface area contributed by atoms with Crippen molar-refractivity contribution in [3.8, 4) is 0 Å². The number of primary amides is 1. The number of aryl methyl sites for hydroxylation is 1. The van der Waals surface area contributed by atoms with Crippen molar-refractivity contribution in [3.63, 3.8) is 0 Å². The number of hydrogen-bond donors (Lipinski definition) is 2. The fourth-order valence-electron chi connectivity index (χ4n) is 2.62. The van der Waals surface area contributed by atoms with Crippen LogP contribution in [-0.4, -0.2) is 22.3 Å². The van der Waals surface area contributed by atoms with E-state index in [1.54, 1.807) is 11.3 Å². The monoisotopic (exact) mass is 308 g/mol. The maximum atomic E-state index is 11.2. The number of thioether (sulfide) groups is 1. The highest BCUT2D eigenvalue weighted by molar-refractivity contribution is 7.98. The zero-order valence-electron chi connectivity index (χ0n) is 11.4. The molecule has 5 nitrogen and oxygen atoms in total. The molecule has 0 aromatic carbocycles. The van der Waals surface area contributed by atoms with Crippen molar-refractivity contribution < 1.29 is 4.79 Å². The Kier molecular flexibility index (Phi) is 3.55. The SMILES string of the molecule is CSc1nc(NC(N)=O)c2c3c(sc2n1)CC(C)CC3. The molecule has 3 N–H and O–H groups in total. The van der Waals surface area contributed by atoms with Gasteiger partial charge >= 0.3 is 6.03 Å². The number of hydrogen-bond acceptors (Lipinski definition) is 5.